The van der Waals surface area contributed by atoms with Crippen LogP contribution in [0.25, 0.3) is 0 Å². The Labute approximate surface area is 112 Å². The zero-order valence-corrected chi connectivity index (χ0v) is 12.1. The molecule has 4 heteroatoms. The van der Waals surface area contributed by atoms with Crippen molar-refractivity contribution in [1.82, 2.24) is 10.3 Å². The molecular weight excluding hydrogens is 242 g/mol. The number of hydrogen-bond acceptors (Lipinski definition) is 4. The number of thiazole rings is 1. The van der Waals surface area contributed by atoms with Crippen molar-refractivity contribution < 1.29 is 0 Å². The molecule has 0 saturated carbocycles. The number of benzene rings is 1. The zero-order valence-electron chi connectivity index (χ0n) is 11.3. The van der Waals surface area contributed by atoms with Crippen LogP contribution in [0.5, 0.6) is 0 Å². The van der Waals surface area contributed by atoms with Gasteiger partial charge >= 0.3 is 0 Å². The van der Waals surface area contributed by atoms with E-state index in [2.05, 4.69) is 48.2 Å². The van der Waals surface area contributed by atoms with Crippen LogP contribution in [0.1, 0.15) is 23.5 Å². The van der Waals surface area contributed by atoms with E-state index in [-0.39, 0.29) is 0 Å². The summed E-state index contributed by atoms with van der Waals surface area (Å²) < 4.78 is 0. The fourth-order valence-electron chi connectivity index (χ4n) is 1.83. The Bertz CT molecular complexity index is 507. The highest BCUT2D eigenvalue weighted by atomic mass is 32.1. The molecule has 1 aromatic carbocycles. The first kappa shape index (κ1) is 13.1. The Morgan fingerprint density at radius 1 is 1.28 bits per heavy atom. The maximum Gasteiger partial charge on any atom is 0.190 e. The number of para-hydroxylation sites is 1. The number of nitrogens with one attached hydrogen (secondary N) is 1. The number of anilines is 2. The van der Waals surface area contributed by atoms with E-state index in [9.17, 15) is 0 Å². The van der Waals surface area contributed by atoms with Gasteiger partial charge in [-0.1, -0.05) is 29.5 Å². The van der Waals surface area contributed by atoms with Crippen molar-refractivity contribution in [2.45, 2.75) is 19.9 Å². The Balaban J connectivity index is 2.30. The number of hydrogen-bond donors (Lipinski definition) is 1. The van der Waals surface area contributed by atoms with E-state index in [4.69, 9.17) is 0 Å². The minimum absolute atomic E-state index is 0.348. The molecule has 0 aliphatic rings. The molecule has 0 fully saturated rings. The largest absolute Gasteiger partial charge is 0.321 e. The number of aromatic nitrogens is 1. The SMILES string of the molecule is CNC(C)c1sc(N(C)c2ccccc2)nc1C. The molecule has 18 heavy (non-hydrogen) atoms. The molecule has 1 aromatic heterocycles. The standard InChI is InChI=1S/C14H19N3S/c1-10(15-3)13-11(2)16-14(18-13)17(4)12-8-6-5-7-9-12/h5-10,15H,1-4H3. The third-order valence-corrected chi connectivity index (χ3v) is 4.49. The summed E-state index contributed by atoms with van der Waals surface area (Å²) in [4.78, 5) is 8.09. The second-order valence-electron chi connectivity index (χ2n) is 4.35. The average molecular weight is 261 g/mol. The summed E-state index contributed by atoms with van der Waals surface area (Å²) in [6, 6.07) is 10.7. The quantitative estimate of drug-likeness (QED) is 0.913. The van der Waals surface area contributed by atoms with Crippen LogP contribution in [-0.2, 0) is 0 Å². The van der Waals surface area contributed by atoms with E-state index >= 15 is 0 Å². The summed E-state index contributed by atoms with van der Waals surface area (Å²) in [6.45, 7) is 4.23. The van der Waals surface area contributed by atoms with E-state index in [1.807, 2.05) is 25.2 Å². The molecule has 0 radical (unpaired) electrons. The average Bonchev–Trinajstić information content (AvgIpc) is 2.80. The molecule has 1 heterocycles. The molecule has 3 nitrogen and oxygen atoms in total. The summed E-state index contributed by atoms with van der Waals surface area (Å²) in [5.74, 6) is 0. The van der Waals surface area contributed by atoms with Crippen LogP contribution in [0, 0.1) is 6.92 Å². The van der Waals surface area contributed by atoms with Crippen LogP contribution in [0.2, 0.25) is 0 Å². The van der Waals surface area contributed by atoms with E-state index in [0.29, 0.717) is 6.04 Å². The molecule has 2 aromatic rings. The monoisotopic (exact) mass is 261 g/mol. The Kier molecular flexibility index (Phi) is 3.99. The van der Waals surface area contributed by atoms with Crippen molar-refractivity contribution in [3.63, 3.8) is 0 Å². The molecule has 0 aliphatic heterocycles. The first-order valence-corrected chi connectivity index (χ1v) is 6.88. The Morgan fingerprint density at radius 3 is 2.56 bits per heavy atom. The molecule has 0 amide bonds. The first-order valence-electron chi connectivity index (χ1n) is 6.07. The molecule has 1 N–H and O–H groups in total. The van der Waals surface area contributed by atoms with Crippen LogP contribution < -0.4 is 10.2 Å². The Morgan fingerprint density at radius 2 is 1.94 bits per heavy atom. The van der Waals surface area contributed by atoms with E-state index in [1.54, 1.807) is 11.3 Å². The van der Waals surface area contributed by atoms with Gasteiger partial charge < -0.3 is 10.2 Å². The molecule has 0 spiro atoms. The summed E-state index contributed by atoms with van der Waals surface area (Å²) >= 11 is 1.75. The molecular formula is C14H19N3S. The third kappa shape index (κ3) is 2.54. The van der Waals surface area contributed by atoms with Crippen molar-refractivity contribution in [3.8, 4) is 0 Å². The lowest BCUT2D eigenvalue weighted by Crippen LogP contribution is -2.11. The van der Waals surface area contributed by atoms with Gasteiger partial charge in [0.15, 0.2) is 5.13 Å². The smallest absolute Gasteiger partial charge is 0.190 e. The number of nitrogens with zero attached hydrogens (tertiary/aromatic N) is 2. The summed E-state index contributed by atoms with van der Waals surface area (Å²) in [6.07, 6.45) is 0. The van der Waals surface area contributed by atoms with Gasteiger partial charge in [-0.2, -0.15) is 0 Å². The lowest BCUT2D eigenvalue weighted by Gasteiger charge is -2.15. The second-order valence-corrected chi connectivity index (χ2v) is 5.36. The van der Waals surface area contributed by atoms with Gasteiger partial charge in [0, 0.05) is 23.7 Å². The molecule has 0 aliphatic carbocycles. The van der Waals surface area contributed by atoms with Crippen molar-refractivity contribution in [3.05, 3.63) is 40.9 Å². The fraction of sp³-hybridized carbons (Fsp3) is 0.357. The maximum atomic E-state index is 4.66. The van der Waals surface area contributed by atoms with Gasteiger partial charge in [0.1, 0.15) is 0 Å². The van der Waals surface area contributed by atoms with Gasteiger partial charge in [0.05, 0.1) is 5.69 Å². The van der Waals surface area contributed by atoms with Crippen molar-refractivity contribution >= 4 is 22.2 Å². The van der Waals surface area contributed by atoms with Gasteiger partial charge in [-0.3, -0.25) is 0 Å². The van der Waals surface area contributed by atoms with Crippen LogP contribution in [-0.4, -0.2) is 19.1 Å². The van der Waals surface area contributed by atoms with E-state index in [0.717, 1.165) is 16.5 Å². The minimum Gasteiger partial charge on any atom is -0.321 e. The van der Waals surface area contributed by atoms with E-state index in [1.165, 1.54) is 4.88 Å². The normalized spacial score (nSPS) is 12.4. The van der Waals surface area contributed by atoms with Crippen LogP contribution in [0.4, 0.5) is 10.8 Å². The highest BCUT2D eigenvalue weighted by Crippen LogP contribution is 2.33. The molecule has 96 valence electrons. The van der Waals surface area contributed by atoms with Crippen LogP contribution >= 0.6 is 11.3 Å². The van der Waals surface area contributed by atoms with Gasteiger partial charge in [0.2, 0.25) is 0 Å². The number of rotatable bonds is 4. The first-order chi connectivity index (χ1) is 8.63. The topological polar surface area (TPSA) is 28.2 Å². The van der Waals surface area contributed by atoms with Gasteiger partial charge in [0.25, 0.3) is 0 Å². The predicted octanol–water partition coefficient (Wildman–Crippen LogP) is 3.50. The highest BCUT2D eigenvalue weighted by Gasteiger charge is 2.15. The summed E-state index contributed by atoms with van der Waals surface area (Å²) in [5, 5.41) is 4.30. The highest BCUT2D eigenvalue weighted by molar-refractivity contribution is 7.15. The van der Waals surface area contributed by atoms with Gasteiger partial charge in [-0.15, -0.1) is 0 Å². The predicted molar refractivity (Wildman–Crippen MR) is 78.8 cm³/mol. The summed E-state index contributed by atoms with van der Waals surface area (Å²) in [7, 11) is 4.03. The van der Waals surface area contributed by atoms with Crippen molar-refractivity contribution in [2.24, 2.45) is 0 Å². The molecule has 2 rings (SSSR count). The molecule has 0 saturated heterocycles. The second kappa shape index (κ2) is 5.50. The lowest BCUT2D eigenvalue weighted by molar-refractivity contribution is 0.658. The minimum atomic E-state index is 0.348. The lowest BCUT2D eigenvalue weighted by atomic mass is 10.2. The molecule has 1 unspecified atom stereocenters. The van der Waals surface area contributed by atoms with Crippen molar-refractivity contribution in [1.29, 1.82) is 0 Å². The van der Waals surface area contributed by atoms with Crippen LogP contribution in [0.15, 0.2) is 30.3 Å². The molecule has 1 atom stereocenters. The maximum absolute atomic E-state index is 4.66. The van der Waals surface area contributed by atoms with E-state index < -0.39 is 0 Å². The third-order valence-electron chi connectivity index (χ3n) is 3.08. The fourth-order valence-corrected chi connectivity index (χ4v) is 2.94. The van der Waals surface area contributed by atoms with Crippen molar-refractivity contribution in [2.75, 3.05) is 19.0 Å². The molecule has 0 bridgehead atoms. The zero-order chi connectivity index (χ0) is 13.1. The Hall–Kier alpha value is -1.39. The number of aryl methyl sites for hydroxylation is 1. The van der Waals surface area contributed by atoms with Gasteiger partial charge in [-0.25, -0.2) is 4.98 Å². The van der Waals surface area contributed by atoms with Crippen LogP contribution in [0.3, 0.4) is 0 Å². The summed E-state index contributed by atoms with van der Waals surface area (Å²) in [5.41, 5.74) is 2.27. The van der Waals surface area contributed by atoms with Gasteiger partial charge in [-0.05, 0) is 33.0 Å².